The van der Waals surface area contributed by atoms with Crippen molar-refractivity contribution >= 4 is 17.3 Å². The first kappa shape index (κ1) is 23.0. The molecule has 0 radical (unpaired) electrons. The van der Waals surface area contributed by atoms with Gasteiger partial charge in [-0.05, 0) is 49.4 Å². The molecule has 7 nitrogen and oxygen atoms in total. The number of hydrogen-bond acceptors (Lipinski definition) is 4. The highest BCUT2D eigenvalue weighted by Gasteiger charge is 2.27. The van der Waals surface area contributed by atoms with Crippen molar-refractivity contribution in [2.24, 2.45) is 11.7 Å². The van der Waals surface area contributed by atoms with Gasteiger partial charge in [-0.15, -0.1) is 0 Å². The normalized spacial score (nSPS) is 17.0. The van der Waals surface area contributed by atoms with Gasteiger partial charge in [-0.25, -0.2) is 4.52 Å². The number of aromatic nitrogens is 2. The summed E-state index contributed by atoms with van der Waals surface area (Å²) in [5, 5.41) is 7.54. The van der Waals surface area contributed by atoms with Crippen molar-refractivity contribution in [2.75, 3.05) is 19.6 Å². The van der Waals surface area contributed by atoms with E-state index in [1.54, 1.807) is 33.8 Å². The summed E-state index contributed by atoms with van der Waals surface area (Å²) in [6, 6.07) is 13.8. The molecule has 0 saturated carbocycles. The molecule has 2 atom stereocenters. The van der Waals surface area contributed by atoms with Gasteiger partial charge < -0.3 is 16.0 Å². The number of benzene rings is 1. The van der Waals surface area contributed by atoms with E-state index in [0.717, 1.165) is 12.8 Å². The zero-order valence-corrected chi connectivity index (χ0v) is 19.6. The van der Waals surface area contributed by atoms with Gasteiger partial charge in [-0.1, -0.05) is 43.7 Å². The summed E-state index contributed by atoms with van der Waals surface area (Å²) in [5.74, 6) is 0.437. The molecule has 3 heterocycles. The molecule has 33 heavy (non-hydrogen) atoms. The van der Waals surface area contributed by atoms with Crippen LogP contribution in [0, 0.1) is 12.8 Å². The highest BCUT2D eigenvalue weighted by molar-refractivity contribution is 6.02. The van der Waals surface area contributed by atoms with Crippen LogP contribution in [0.15, 0.2) is 48.7 Å². The molecule has 1 aliphatic rings. The number of nitrogens with two attached hydrogens (primary N) is 1. The number of pyridine rings is 1. The summed E-state index contributed by atoms with van der Waals surface area (Å²) in [6.07, 6.45) is 3.54. The first-order valence-corrected chi connectivity index (χ1v) is 11.7. The van der Waals surface area contributed by atoms with Gasteiger partial charge in [0, 0.05) is 37.8 Å². The van der Waals surface area contributed by atoms with Crippen LogP contribution in [-0.2, 0) is 0 Å². The molecule has 174 valence electrons. The Hall–Kier alpha value is -3.19. The minimum absolute atomic E-state index is 0.0136. The molecule has 2 amide bonds. The largest absolute Gasteiger partial charge is 0.351 e. The first-order valence-electron chi connectivity index (χ1n) is 11.7. The Labute approximate surface area is 195 Å². The smallest absolute Gasteiger partial charge is 0.274 e. The number of likely N-dealkylation sites (tertiary alicyclic amines) is 1. The quantitative estimate of drug-likeness (QED) is 0.581. The number of rotatable bonds is 7. The van der Waals surface area contributed by atoms with Gasteiger partial charge in [-0.2, -0.15) is 5.10 Å². The standard InChI is InChI=1S/C26H33N5O2/c1-17(2)13-20(19-8-6-18(3)7-9-19)15-28-25(32)22-5-4-11-31-24(22)14-23(29-31)26(33)30-12-10-21(27)16-30/h4-9,11,14,17,20-21H,10,12-13,15-16,27H2,1-3H3,(H,28,32)/t20?,21-/m1/s1. The topological polar surface area (TPSA) is 92.7 Å². The summed E-state index contributed by atoms with van der Waals surface area (Å²) in [6.45, 7) is 8.19. The number of nitrogens with one attached hydrogen (secondary N) is 1. The van der Waals surface area contributed by atoms with Crippen molar-refractivity contribution in [3.05, 3.63) is 71.0 Å². The van der Waals surface area contributed by atoms with E-state index in [1.807, 2.05) is 0 Å². The van der Waals surface area contributed by atoms with Crippen LogP contribution in [0.5, 0.6) is 0 Å². The predicted octanol–water partition coefficient (Wildman–Crippen LogP) is 3.38. The average molecular weight is 448 g/mol. The van der Waals surface area contributed by atoms with E-state index in [9.17, 15) is 9.59 Å². The van der Waals surface area contributed by atoms with Gasteiger partial charge in [-0.3, -0.25) is 9.59 Å². The third-order valence-electron chi connectivity index (χ3n) is 6.29. The molecule has 2 aromatic heterocycles. The molecule has 3 N–H and O–H groups in total. The Morgan fingerprint density at radius 1 is 1.21 bits per heavy atom. The fraction of sp³-hybridized carbons (Fsp3) is 0.423. The molecule has 1 fully saturated rings. The van der Waals surface area contributed by atoms with Gasteiger partial charge in [0.2, 0.25) is 0 Å². The average Bonchev–Trinajstić information content (AvgIpc) is 3.42. The molecule has 1 unspecified atom stereocenters. The van der Waals surface area contributed by atoms with E-state index in [1.165, 1.54) is 11.1 Å². The maximum atomic E-state index is 13.1. The fourth-order valence-electron chi connectivity index (χ4n) is 4.50. The van der Waals surface area contributed by atoms with Gasteiger partial charge in [0.05, 0.1) is 11.1 Å². The third-order valence-corrected chi connectivity index (χ3v) is 6.29. The van der Waals surface area contributed by atoms with Crippen LogP contribution < -0.4 is 11.1 Å². The molecule has 0 aliphatic carbocycles. The van der Waals surface area contributed by atoms with Gasteiger partial charge in [0.1, 0.15) is 0 Å². The Morgan fingerprint density at radius 3 is 2.64 bits per heavy atom. The molecule has 1 aromatic carbocycles. The lowest BCUT2D eigenvalue weighted by atomic mass is 9.89. The number of carbonyl (C=O) groups is 2. The Bertz CT molecular complexity index is 1140. The SMILES string of the molecule is Cc1ccc(C(CNC(=O)c2cccn3nc(C(=O)N4CC[C@@H](N)C4)cc23)CC(C)C)cc1. The maximum absolute atomic E-state index is 13.1. The van der Waals surface area contributed by atoms with Gasteiger partial charge in [0.15, 0.2) is 5.69 Å². The molecular formula is C26H33N5O2. The molecule has 0 spiro atoms. The Balaban J connectivity index is 1.51. The molecular weight excluding hydrogens is 414 g/mol. The van der Waals surface area contributed by atoms with Gasteiger partial charge in [0.25, 0.3) is 11.8 Å². The lowest BCUT2D eigenvalue weighted by Crippen LogP contribution is -2.32. The molecule has 3 aromatic rings. The van der Waals surface area contributed by atoms with Crippen molar-refractivity contribution < 1.29 is 9.59 Å². The zero-order chi connectivity index (χ0) is 23.5. The zero-order valence-electron chi connectivity index (χ0n) is 19.6. The van der Waals surface area contributed by atoms with Crippen LogP contribution in [0.2, 0.25) is 0 Å². The molecule has 1 saturated heterocycles. The van der Waals surface area contributed by atoms with Crippen LogP contribution in [-0.4, -0.2) is 52.0 Å². The number of carbonyl (C=O) groups excluding carboxylic acids is 2. The van der Waals surface area contributed by atoms with Gasteiger partial charge >= 0.3 is 0 Å². The van der Waals surface area contributed by atoms with E-state index in [0.29, 0.717) is 42.3 Å². The first-order chi connectivity index (χ1) is 15.8. The second kappa shape index (κ2) is 9.75. The monoisotopic (exact) mass is 447 g/mol. The summed E-state index contributed by atoms with van der Waals surface area (Å²) in [5.41, 5.74) is 9.86. The van der Waals surface area contributed by atoms with Crippen molar-refractivity contribution in [2.45, 2.75) is 45.6 Å². The van der Waals surface area contributed by atoms with E-state index in [-0.39, 0.29) is 23.8 Å². The molecule has 4 rings (SSSR count). The van der Waals surface area contributed by atoms with Crippen molar-refractivity contribution in [1.82, 2.24) is 19.8 Å². The lowest BCUT2D eigenvalue weighted by molar-refractivity contribution is 0.0784. The number of nitrogens with zero attached hydrogens (tertiary/aromatic N) is 3. The molecule has 1 aliphatic heterocycles. The van der Waals surface area contributed by atoms with Crippen LogP contribution in [0.3, 0.4) is 0 Å². The minimum Gasteiger partial charge on any atom is -0.351 e. The number of aryl methyl sites for hydroxylation is 1. The number of fused-ring (bicyclic) bond motifs is 1. The van der Waals surface area contributed by atoms with Crippen molar-refractivity contribution in [3.63, 3.8) is 0 Å². The van der Waals surface area contributed by atoms with E-state index in [4.69, 9.17) is 5.73 Å². The highest BCUT2D eigenvalue weighted by Crippen LogP contribution is 2.24. The number of amides is 2. The summed E-state index contributed by atoms with van der Waals surface area (Å²) < 4.78 is 1.60. The van der Waals surface area contributed by atoms with E-state index in [2.05, 4.69) is 55.5 Å². The Morgan fingerprint density at radius 2 is 1.97 bits per heavy atom. The number of hydrogen-bond donors (Lipinski definition) is 2. The van der Waals surface area contributed by atoms with Crippen LogP contribution >= 0.6 is 0 Å². The minimum atomic E-state index is -0.163. The second-order valence-corrected chi connectivity index (χ2v) is 9.53. The molecule has 7 heteroatoms. The third kappa shape index (κ3) is 5.25. The Kier molecular flexibility index (Phi) is 6.79. The van der Waals surface area contributed by atoms with Crippen molar-refractivity contribution in [3.8, 4) is 0 Å². The van der Waals surface area contributed by atoms with Crippen LogP contribution in [0.1, 0.15) is 64.6 Å². The fourth-order valence-corrected chi connectivity index (χ4v) is 4.50. The second-order valence-electron chi connectivity index (χ2n) is 9.53. The van der Waals surface area contributed by atoms with Crippen molar-refractivity contribution in [1.29, 1.82) is 0 Å². The van der Waals surface area contributed by atoms with E-state index < -0.39 is 0 Å². The summed E-state index contributed by atoms with van der Waals surface area (Å²) in [7, 11) is 0. The van der Waals surface area contributed by atoms with Crippen LogP contribution in [0.25, 0.3) is 5.52 Å². The maximum Gasteiger partial charge on any atom is 0.274 e. The highest BCUT2D eigenvalue weighted by atomic mass is 16.2. The lowest BCUT2D eigenvalue weighted by Gasteiger charge is -2.20. The molecule has 0 bridgehead atoms. The summed E-state index contributed by atoms with van der Waals surface area (Å²) in [4.78, 5) is 27.7. The predicted molar refractivity (Wildman–Crippen MR) is 129 cm³/mol. The van der Waals surface area contributed by atoms with E-state index >= 15 is 0 Å². The summed E-state index contributed by atoms with van der Waals surface area (Å²) >= 11 is 0. The van der Waals surface area contributed by atoms with Crippen LogP contribution in [0.4, 0.5) is 0 Å².